The Kier molecular flexibility index (Phi) is 4.97. The van der Waals surface area contributed by atoms with E-state index in [1.54, 1.807) is 12.4 Å². The van der Waals surface area contributed by atoms with Gasteiger partial charge in [-0.25, -0.2) is 4.98 Å². The highest BCUT2D eigenvalue weighted by Gasteiger charge is 2.02. The molecule has 0 aromatic carbocycles. The van der Waals surface area contributed by atoms with E-state index >= 15 is 0 Å². The number of aryl methyl sites for hydroxylation is 1. The second-order valence-corrected chi connectivity index (χ2v) is 3.38. The average molecular weight is 193 g/mol. The fourth-order valence-electron chi connectivity index (χ4n) is 1.29. The Labute approximate surface area is 86.0 Å². The Bertz CT molecular complexity index is 233. The Morgan fingerprint density at radius 1 is 1.14 bits per heavy atom. The number of rotatable bonds is 6. The maximum atomic E-state index is 4.34. The van der Waals surface area contributed by atoms with Gasteiger partial charge in [0.05, 0.1) is 5.69 Å². The van der Waals surface area contributed by atoms with Crippen molar-refractivity contribution in [2.24, 2.45) is 0 Å². The second-order valence-electron chi connectivity index (χ2n) is 3.38. The largest absolute Gasteiger partial charge is 0.369 e. The van der Waals surface area contributed by atoms with Gasteiger partial charge in [0.15, 0.2) is 0 Å². The lowest BCUT2D eigenvalue weighted by Gasteiger charge is -2.08. The Morgan fingerprint density at radius 2 is 1.93 bits per heavy atom. The topological polar surface area (TPSA) is 37.8 Å². The minimum Gasteiger partial charge on any atom is -0.369 e. The van der Waals surface area contributed by atoms with E-state index in [0.29, 0.717) is 0 Å². The minimum absolute atomic E-state index is 0.961. The zero-order valence-electron chi connectivity index (χ0n) is 9.08. The molecule has 1 aromatic heterocycles. The van der Waals surface area contributed by atoms with Crippen LogP contribution in [0.1, 0.15) is 38.8 Å². The molecule has 3 nitrogen and oxygen atoms in total. The summed E-state index contributed by atoms with van der Waals surface area (Å²) in [5, 5.41) is 3.30. The van der Waals surface area contributed by atoms with Crippen LogP contribution in [0.4, 0.5) is 5.82 Å². The molecule has 0 bridgehead atoms. The first-order valence-corrected chi connectivity index (χ1v) is 5.42. The van der Waals surface area contributed by atoms with Crippen LogP contribution in [0.25, 0.3) is 0 Å². The lowest BCUT2D eigenvalue weighted by molar-refractivity contribution is 0.771. The fraction of sp³-hybridized carbons (Fsp3) is 0.636. The van der Waals surface area contributed by atoms with Crippen LogP contribution in [0.15, 0.2) is 12.4 Å². The highest BCUT2D eigenvalue weighted by Crippen LogP contribution is 2.11. The van der Waals surface area contributed by atoms with Crippen LogP contribution < -0.4 is 5.32 Å². The molecule has 0 aliphatic rings. The van der Waals surface area contributed by atoms with Crippen LogP contribution in [-0.2, 0) is 6.42 Å². The first-order chi connectivity index (χ1) is 6.88. The first kappa shape index (κ1) is 11.0. The predicted octanol–water partition coefficient (Wildman–Crippen LogP) is 2.64. The van der Waals surface area contributed by atoms with Crippen LogP contribution in [0, 0.1) is 0 Å². The molecular weight excluding hydrogens is 174 g/mol. The predicted molar refractivity (Wildman–Crippen MR) is 59.4 cm³/mol. The lowest BCUT2D eigenvalue weighted by Crippen LogP contribution is -2.06. The molecule has 78 valence electrons. The van der Waals surface area contributed by atoms with Crippen LogP contribution in [0.3, 0.4) is 0 Å². The zero-order valence-corrected chi connectivity index (χ0v) is 9.08. The molecule has 0 amide bonds. The Balaban J connectivity index is 2.60. The molecule has 1 heterocycles. The van der Waals surface area contributed by atoms with Crippen LogP contribution >= 0.6 is 0 Å². The van der Waals surface area contributed by atoms with Crippen molar-refractivity contribution in [2.75, 3.05) is 11.9 Å². The molecule has 14 heavy (non-hydrogen) atoms. The number of hydrogen-bond donors (Lipinski definition) is 1. The third-order valence-electron chi connectivity index (χ3n) is 2.08. The summed E-state index contributed by atoms with van der Waals surface area (Å²) in [5.41, 5.74) is 1.10. The number of anilines is 1. The van der Waals surface area contributed by atoms with Crippen LogP contribution in [0.2, 0.25) is 0 Å². The summed E-state index contributed by atoms with van der Waals surface area (Å²) in [6.07, 6.45) is 8.03. The smallest absolute Gasteiger partial charge is 0.147 e. The van der Waals surface area contributed by atoms with E-state index in [-0.39, 0.29) is 0 Å². The van der Waals surface area contributed by atoms with Gasteiger partial charge in [0, 0.05) is 18.9 Å². The van der Waals surface area contributed by atoms with Crippen molar-refractivity contribution >= 4 is 5.82 Å². The molecule has 1 aromatic rings. The molecule has 0 fully saturated rings. The lowest BCUT2D eigenvalue weighted by atomic mass is 10.2. The Hall–Kier alpha value is -1.12. The molecule has 0 unspecified atom stereocenters. The van der Waals surface area contributed by atoms with Gasteiger partial charge in [0.2, 0.25) is 0 Å². The quantitative estimate of drug-likeness (QED) is 0.754. The maximum Gasteiger partial charge on any atom is 0.147 e. The first-order valence-electron chi connectivity index (χ1n) is 5.42. The number of nitrogens with one attached hydrogen (secondary N) is 1. The van der Waals surface area contributed by atoms with Crippen molar-refractivity contribution < 1.29 is 0 Å². The fourth-order valence-corrected chi connectivity index (χ4v) is 1.29. The monoisotopic (exact) mass is 193 g/mol. The van der Waals surface area contributed by atoms with E-state index in [4.69, 9.17) is 0 Å². The summed E-state index contributed by atoms with van der Waals surface area (Å²) < 4.78 is 0. The number of unbranched alkanes of at least 4 members (excludes halogenated alkanes) is 1. The summed E-state index contributed by atoms with van der Waals surface area (Å²) in [6, 6.07) is 0. The van der Waals surface area contributed by atoms with E-state index in [0.717, 1.165) is 30.9 Å². The zero-order chi connectivity index (χ0) is 10.2. The summed E-state index contributed by atoms with van der Waals surface area (Å²) >= 11 is 0. The minimum atomic E-state index is 0.961. The van der Waals surface area contributed by atoms with Gasteiger partial charge < -0.3 is 5.32 Å². The van der Waals surface area contributed by atoms with E-state index in [1.807, 2.05) is 0 Å². The van der Waals surface area contributed by atoms with Crippen molar-refractivity contribution in [3.8, 4) is 0 Å². The molecule has 0 atom stereocenters. The molecule has 3 heteroatoms. The molecule has 0 saturated heterocycles. The summed E-state index contributed by atoms with van der Waals surface area (Å²) in [4.78, 5) is 8.64. The summed E-state index contributed by atoms with van der Waals surface area (Å²) in [5.74, 6) is 0.961. The third kappa shape index (κ3) is 3.32. The maximum absolute atomic E-state index is 4.34. The van der Waals surface area contributed by atoms with E-state index in [2.05, 4.69) is 29.1 Å². The number of aromatic nitrogens is 2. The molecule has 0 saturated carbocycles. The summed E-state index contributed by atoms with van der Waals surface area (Å²) in [6.45, 7) is 5.31. The average Bonchev–Trinajstić information content (AvgIpc) is 2.24. The normalized spacial score (nSPS) is 10.1. The van der Waals surface area contributed by atoms with Crippen LogP contribution in [0.5, 0.6) is 0 Å². The van der Waals surface area contributed by atoms with Gasteiger partial charge in [-0.1, -0.05) is 20.3 Å². The van der Waals surface area contributed by atoms with Gasteiger partial charge in [-0.05, 0) is 19.3 Å². The van der Waals surface area contributed by atoms with Crippen molar-refractivity contribution in [3.63, 3.8) is 0 Å². The van der Waals surface area contributed by atoms with Gasteiger partial charge in [0.1, 0.15) is 5.82 Å². The van der Waals surface area contributed by atoms with Gasteiger partial charge in [-0.15, -0.1) is 0 Å². The molecule has 0 aliphatic carbocycles. The molecule has 0 aliphatic heterocycles. The van der Waals surface area contributed by atoms with E-state index in [1.165, 1.54) is 12.8 Å². The molecule has 0 spiro atoms. The van der Waals surface area contributed by atoms with Crippen molar-refractivity contribution in [1.82, 2.24) is 9.97 Å². The van der Waals surface area contributed by atoms with Gasteiger partial charge in [-0.2, -0.15) is 0 Å². The van der Waals surface area contributed by atoms with E-state index in [9.17, 15) is 0 Å². The van der Waals surface area contributed by atoms with Crippen molar-refractivity contribution in [1.29, 1.82) is 0 Å². The number of nitrogens with zero attached hydrogens (tertiary/aromatic N) is 2. The highest BCUT2D eigenvalue weighted by molar-refractivity contribution is 5.39. The Morgan fingerprint density at radius 3 is 2.64 bits per heavy atom. The molecule has 0 radical (unpaired) electrons. The molecule has 1 rings (SSSR count). The molecule has 1 N–H and O–H groups in total. The van der Waals surface area contributed by atoms with Crippen molar-refractivity contribution in [3.05, 3.63) is 18.1 Å². The standard InChI is InChI=1S/C11H19N3/c1-3-5-6-10-11(13-7-4-2)14-9-8-12-10/h8-9H,3-7H2,1-2H3,(H,13,14). The van der Waals surface area contributed by atoms with E-state index < -0.39 is 0 Å². The molecular formula is C11H19N3. The third-order valence-corrected chi connectivity index (χ3v) is 2.08. The second kappa shape index (κ2) is 6.35. The van der Waals surface area contributed by atoms with Gasteiger partial charge >= 0.3 is 0 Å². The SMILES string of the molecule is CCCCc1nccnc1NCCC. The van der Waals surface area contributed by atoms with Gasteiger partial charge in [-0.3, -0.25) is 4.98 Å². The van der Waals surface area contributed by atoms with Crippen LogP contribution in [-0.4, -0.2) is 16.5 Å². The highest BCUT2D eigenvalue weighted by atomic mass is 15.0. The van der Waals surface area contributed by atoms with Gasteiger partial charge in [0.25, 0.3) is 0 Å². The van der Waals surface area contributed by atoms with Crippen molar-refractivity contribution in [2.45, 2.75) is 39.5 Å². The summed E-state index contributed by atoms with van der Waals surface area (Å²) in [7, 11) is 0. The number of hydrogen-bond acceptors (Lipinski definition) is 3.